The van der Waals surface area contributed by atoms with Gasteiger partial charge >= 0.3 is 0 Å². The third-order valence-corrected chi connectivity index (χ3v) is 7.01. The SMILES string of the molecule is CCC1(c2cc(C(O)c3ccccc3)ccc2OCc2ccccc2)CCCC(C)C1. The number of hydrogen-bond acceptors (Lipinski definition) is 2. The second kappa shape index (κ2) is 9.70. The zero-order valence-electron chi connectivity index (χ0n) is 18.8. The molecule has 0 saturated heterocycles. The van der Waals surface area contributed by atoms with Crippen molar-refractivity contribution in [2.45, 2.75) is 64.1 Å². The van der Waals surface area contributed by atoms with Crippen LogP contribution in [0, 0.1) is 5.92 Å². The van der Waals surface area contributed by atoms with Crippen LogP contribution < -0.4 is 4.74 Å². The van der Waals surface area contributed by atoms with Gasteiger partial charge in [-0.25, -0.2) is 0 Å². The zero-order chi connectivity index (χ0) is 21.7. The van der Waals surface area contributed by atoms with E-state index in [4.69, 9.17) is 4.74 Å². The van der Waals surface area contributed by atoms with Crippen molar-refractivity contribution in [3.05, 3.63) is 101 Å². The lowest BCUT2D eigenvalue weighted by molar-refractivity contribution is 0.208. The number of ether oxygens (including phenoxy) is 1. The van der Waals surface area contributed by atoms with E-state index >= 15 is 0 Å². The summed E-state index contributed by atoms with van der Waals surface area (Å²) in [6.45, 7) is 5.24. The molecule has 4 rings (SSSR count). The molecule has 1 fully saturated rings. The average Bonchev–Trinajstić information content (AvgIpc) is 2.83. The third kappa shape index (κ3) is 4.85. The molecule has 0 spiro atoms. The Balaban J connectivity index is 1.71. The van der Waals surface area contributed by atoms with Crippen molar-refractivity contribution in [3.63, 3.8) is 0 Å². The Bertz CT molecular complexity index is 967. The highest BCUT2D eigenvalue weighted by atomic mass is 16.5. The largest absolute Gasteiger partial charge is 0.489 e. The minimum atomic E-state index is -0.627. The molecule has 0 heterocycles. The number of aliphatic hydroxyl groups is 1. The van der Waals surface area contributed by atoms with Gasteiger partial charge in [0.1, 0.15) is 18.5 Å². The highest BCUT2D eigenvalue weighted by Gasteiger charge is 2.37. The average molecular weight is 415 g/mol. The summed E-state index contributed by atoms with van der Waals surface area (Å²) >= 11 is 0. The van der Waals surface area contributed by atoms with Crippen molar-refractivity contribution in [2.24, 2.45) is 5.92 Å². The standard InChI is InChI=1S/C29H34O2/c1-3-29(18-10-11-22(2)20-29)26-19-25(28(30)24-14-8-5-9-15-24)16-17-27(26)31-21-23-12-6-4-7-13-23/h4-9,12-17,19,22,28,30H,3,10-11,18,20-21H2,1-2H3. The summed E-state index contributed by atoms with van der Waals surface area (Å²) in [6, 6.07) is 26.6. The van der Waals surface area contributed by atoms with E-state index in [-0.39, 0.29) is 5.41 Å². The van der Waals surface area contributed by atoms with Gasteiger partial charge in [-0.3, -0.25) is 0 Å². The summed E-state index contributed by atoms with van der Waals surface area (Å²) in [7, 11) is 0. The molecule has 0 amide bonds. The molecule has 0 radical (unpaired) electrons. The minimum absolute atomic E-state index is 0.107. The van der Waals surface area contributed by atoms with Crippen molar-refractivity contribution < 1.29 is 9.84 Å². The van der Waals surface area contributed by atoms with E-state index in [1.165, 1.54) is 36.8 Å². The first-order chi connectivity index (χ1) is 15.1. The summed E-state index contributed by atoms with van der Waals surface area (Å²) in [4.78, 5) is 0. The molecule has 0 aromatic heterocycles. The summed E-state index contributed by atoms with van der Waals surface area (Å²) in [6.07, 6.45) is 5.37. The molecule has 1 aliphatic rings. The van der Waals surface area contributed by atoms with Crippen LogP contribution in [0.3, 0.4) is 0 Å². The number of rotatable bonds is 7. The Labute approximate surface area is 186 Å². The van der Waals surface area contributed by atoms with E-state index in [1.54, 1.807) is 0 Å². The third-order valence-electron chi connectivity index (χ3n) is 7.01. The second-order valence-corrected chi connectivity index (χ2v) is 9.18. The molecule has 0 bridgehead atoms. The number of hydrogen-bond donors (Lipinski definition) is 1. The fourth-order valence-corrected chi connectivity index (χ4v) is 5.24. The summed E-state index contributed by atoms with van der Waals surface area (Å²) in [5.41, 5.74) is 4.42. The van der Waals surface area contributed by atoms with Crippen LogP contribution in [0.2, 0.25) is 0 Å². The first kappa shape index (κ1) is 21.6. The van der Waals surface area contributed by atoms with Crippen LogP contribution in [0.5, 0.6) is 5.75 Å². The van der Waals surface area contributed by atoms with Gasteiger partial charge in [-0.15, -0.1) is 0 Å². The number of benzene rings is 3. The van der Waals surface area contributed by atoms with Gasteiger partial charge in [-0.05, 0) is 59.4 Å². The molecule has 1 saturated carbocycles. The summed E-state index contributed by atoms with van der Waals surface area (Å²) in [5.74, 6) is 1.67. The van der Waals surface area contributed by atoms with Gasteiger partial charge in [0.25, 0.3) is 0 Å². The predicted octanol–water partition coefficient (Wildman–Crippen LogP) is 7.21. The van der Waals surface area contributed by atoms with Crippen molar-refractivity contribution in [2.75, 3.05) is 0 Å². The zero-order valence-corrected chi connectivity index (χ0v) is 18.8. The van der Waals surface area contributed by atoms with Crippen LogP contribution in [0.25, 0.3) is 0 Å². The van der Waals surface area contributed by atoms with Gasteiger partial charge in [-0.1, -0.05) is 93.4 Å². The molecule has 2 nitrogen and oxygen atoms in total. The van der Waals surface area contributed by atoms with Gasteiger partial charge in [0.2, 0.25) is 0 Å². The van der Waals surface area contributed by atoms with Crippen molar-refractivity contribution in [1.82, 2.24) is 0 Å². The summed E-state index contributed by atoms with van der Waals surface area (Å²) in [5, 5.41) is 11.1. The van der Waals surface area contributed by atoms with Gasteiger partial charge in [0.15, 0.2) is 0 Å². The Morgan fingerprint density at radius 1 is 0.968 bits per heavy atom. The molecule has 3 aromatic rings. The predicted molar refractivity (Wildman–Crippen MR) is 127 cm³/mol. The normalized spacial score (nSPS) is 22.1. The van der Waals surface area contributed by atoms with Crippen LogP contribution in [-0.2, 0) is 12.0 Å². The Morgan fingerprint density at radius 2 is 1.68 bits per heavy atom. The van der Waals surface area contributed by atoms with Gasteiger partial charge in [0, 0.05) is 5.56 Å². The molecule has 1 aliphatic carbocycles. The quantitative estimate of drug-likeness (QED) is 0.443. The first-order valence-electron chi connectivity index (χ1n) is 11.7. The van der Waals surface area contributed by atoms with E-state index < -0.39 is 6.10 Å². The Kier molecular flexibility index (Phi) is 6.77. The molecule has 2 heteroatoms. The van der Waals surface area contributed by atoms with Crippen LogP contribution in [0.15, 0.2) is 78.9 Å². The molecule has 3 unspecified atom stereocenters. The Morgan fingerprint density at radius 3 is 2.35 bits per heavy atom. The van der Waals surface area contributed by atoms with Gasteiger partial charge in [-0.2, -0.15) is 0 Å². The van der Waals surface area contributed by atoms with Crippen molar-refractivity contribution in [1.29, 1.82) is 0 Å². The van der Waals surface area contributed by atoms with E-state index in [0.29, 0.717) is 12.5 Å². The molecule has 1 N–H and O–H groups in total. The molecule has 3 atom stereocenters. The molecule has 3 aromatic carbocycles. The monoisotopic (exact) mass is 414 g/mol. The van der Waals surface area contributed by atoms with Crippen LogP contribution in [-0.4, -0.2) is 5.11 Å². The van der Waals surface area contributed by atoms with E-state index in [1.807, 2.05) is 42.5 Å². The Hall–Kier alpha value is -2.58. The van der Waals surface area contributed by atoms with E-state index in [9.17, 15) is 5.11 Å². The maximum atomic E-state index is 11.1. The van der Waals surface area contributed by atoms with Crippen LogP contribution in [0.1, 0.15) is 74.3 Å². The molecular weight excluding hydrogens is 380 g/mol. The molecule has 31 heavy (non-hydrogen) atoms. The van der Waals surface area contributed by atoms with Crippen molar-refractivity contribution >= 4 is 0 Å². The van der Waals surface area contributed by atoms with E-state index in [2.05, 4.69) is 50.2 Å². The highest BCUT2D eigenvalue weighted by molar-refractivity contribution is 5.45. The second-order valence-electron chi connectivity index (χ2n) is 9.18. The highest BCUT2D eigenvalue weighted by Crippen LogP contribution is 2.48. The fourth-order valence-electron chi connectivity index (χ4n) is 5.24. The molecule has 0 aliphatic heterocycles. The molecule has 162 valence electrons. The van der Waals surface area contributed by atoms with Gasteiger partial charge in [0.05, 0.1) is 0 Å². The lowest BCUT2D eigenvalue weighted by atomic mass is 9.64. The van der Waals surface area contributed by atoms with Gasteiger partial charge < -0.3 is 9.84 Å². The lowest BCUT2D eigenvalue weighted by Crippen LogP contribution is -2.32. The topological polar surface area (TPSA) is 29.5 Å². The van der Waals surface area contributed by atoms with Crippen molar-refractivity contribution in [3.8, 4) is 5.75 Å². The lowest BCUT2D eigenvalue weighted by Gasteiger charge is -2.41. The molecular formula is C29H34O2. The maximum absolute atomic E-state index is 11.1. The van der Waals surface area contributed by atoms with E-state index in [0.717, 1.165) is 23.3 Å². The number of aliphatic hydroxyl groups excluding tert-OH is 1. The fraction of sp³-hybridized carbons (Fsp3) is 0.379. The minimum Gasteiger partial charge on any atom is -0.489 e. The van der Waals surface area contributed by atoms with Crippen LogP contribution in [0.4, 0.5) is 0 Å². The van der Waals surface area contributed by atoms with Crippen LogP contribution >= 0.6 is 0 Å². The smallest absolute Gasteiger partial charge is 0.123 e. The maximum Gasteiger partial charge on any atom is 0.123 e. The first-order valence-corrected chi connectivity index (χ1v) is 11.7. The summed E-state index contributed by atoms with van der Waals surface area (Å²) < 4.78 is 6.40.